The van der Waals surface area contributed by atoms with Gasteiger partial charge in [-0.25, -0.2) is 0 Å². The topological polar surface area (TPSA) is 131 Å². The third-order valence-electron chi connectivity index (χ3n) is 4.58. The summed E-state index contributed by atoms with van der Waals surface area (Å²) < 4.78 is 23.4. The lowest BCUT2D eigenvalue weighted by molar-refractivity contribution is -0.213. The Bertz CT molecular complexity index is 1220. The second-order valence-corrected chi connectivity index (χ2v) is 9.66. The molecule has 180 valence electrons. The van der Waals surface area contributed by atoms with E-state index in [1.807, 2.05) is 12.1 Å². The van der Waals surface area contributed by atoms with Crippen molar-refractivity contribution < 1.29 is 33.3 Å². The summed E-state index contributed by atoms with van der Waals surface area (Å²) >= 11 is 8.39. The van der Waals surface area contributed by atoms with Gasteiger partial charge in [-0.05, 0) is 23.9 Å². The van der Waals surface area contributed by atoms with Crippen molar-refractivity contribution in [3.63, 3.8) is 0 Å². The maximum absolute atomic E-state index is 11.8. The molecule has 0 saturated carbocycles. The summed E-state index contributed by atoms with van der Waals surface area (Å²) in [5, 5.41) is 14.6. The number of benzene rings is 1. The van der Waals surface area contributed by atoms with Crippen LogP contribution < -0.4 is 0 Å². The smallest absolute Gasteiger partial charge is 0.303 e. The van der Waals surface area contributed by atoms with Crippen LogP contribution in [0.4, 0.5) is 0 Å². The van der Waals surface area contributed by atoms with E-state index in [0.717, 1.165) is 17.3 Å². The van der Waals surface area contributed by atoms with Crippen molar-refractivity contribution in [2.45, 2.75) is 49.7 Å². The Hall–Kier alpha value is -2.74. The van der Waals surface area contributed by atoms with Crippen molar-refractivity contribution in [2.75, 3.05) is 6.61 Å². The second-order valence-electron chi connectivity index (χ2n) is 7.21. The Morgan fingerprint density at radius 2 is 1.68 bits per heavy atom. The summed E-state index contributed by atoms with van der Waals surface area (Å²) in [4.78, 5) is 35.6. The molecule has 0 unspecified atom stereocenters. The lowest BCUT2D eigenvalue weighted by atomic mass is 10.1. The monoisotopic (exact) mass is 526 g/mol. The van der Waals surface area contributed by atoms with Gasteiger partial charge in [-0.3, -0.25) is 14.4 Å². The Kier molecular flexibility index (Phi) is 7.36. The number of esters is 3. The molecule has 2 aromatic heterocycles. The van der Waals surface area contributed by atoms with E-state index in [9.17, 15) is 14.4 Å². The van der Waals surface area contributed by atoms with Crippen LogP contribution in [0.5, 0.6) is 0 Å². The van der Waals surface area contributed by atoms with E-state index in [1.165, 1.54) is 32.1 Å². The number of hydrogen-bond donors (Lipinski definition) is 0. The van der Waals surface area contributed by atoms with Crippen LogP contribution in [0.25, 0.3) is 15.5 Å². The Morgan fingerprint density at radius 3 is 2.32 bits per heavy atom. The van der Waals surface area contributed by atoms with Gasteiger partial charge in [0, 0.05) is 31.4 Å². The van der Waals surface area contributed by atoms with E-state index in [1.54, 1.807) is 16.6 Å². The minimum absolute atomic E-state index is 0.0814. The molecule has 0 N–H and O–H groups in total. The number of rotatable bonds is 6. The van der Waals surface area contributed by atoms with Gasteiger partial charge < -0.3 is 18.9 Å². The van der Waals surface area contributed by atoms with Crippen molar-refractivity contribution in [3.05, 3.63) is 29.3 Å². The number of ether oxygens (including phenoxy) is 4. The lowest BCUT2D eigenvalue weighted by Gasteiger charge is -2.39. The van der Waals surface area contributed by atoms with Crippen LogP contribution in [0.3, 0.4) is 0 Å². The number of carbonyl (C=O) groups is 3. The zero-order valence-corrected chi connectivity index (χ0v) is 20.6. The maximum atomic E-state index is 11.8. The standard InChI is InChI=1S/C20H19ClN4O7S2/c1-9(26)30-14-8-29-18(16(32-11(3)28)15(14)31-10(2)27)34-20-23-22-19-25(20)24-17(33-19)12-4-6-13(21)7-5-12/h4-7,14-16,18H,8H2,1-3H3/t14-,15-,16+,18-/m0/s1. The predicted molar refractivity (Wildman–Crippen MR) is 121 cm³/mol. The first kappa shape index (κ1) is 24.4. The van der Waals surface area contributed by atoms with Crippen molar-refractivity contribution in [2.24, 2.45) is 0 Å². The van der Waals surface area contributed by atoms with E-state index in [-0.39, 0.29) is 6.61 Å². The van der Waals surface area contributed by atoms with Gasteiger partial charge in [0.2, 0.25) is 10.1 Å². The van der Waals surface area contributed by atoms with E-state index in [2.05, 4.69) is 15.3 Å². The summed E-state index contributed by atoms with van der Waals surface area (Å²) in [7, 11) is 0. The van der Waals surface area contributed by atoms with E-state index in [4.69, 9.17) is 30.5 Å². The fraction of sp³-hybridized carbons (Fsp3) is 0.400. The van der Waals surface area contributed by atoms with Crippen molar-refractivity contribution >= 4 is 57.6 Å². The SMILES string of the molecule is CC(=O)O[C@@H]1[C@@H](OC(C)=O)[C@H](Sc2nnc3sc(-c4ccc(Cl)cc4)nn23)OC[C@@H]1OC(C)=O. The number of halogens is 1. The lowest BCUT2D eigenvalue weighted by Crippen LogP contribution is -2.56. The fourth-order valence-corrected chi connectivity index (χ4v) is 5.34. The highest BCUT2D eigenvalue weighted by atomic mass is 35.5. The average Bonchev–Trinajstić information content (AvgIpc) is 3.33. The van der Waals surface area contributed by atoms with E-state index < -0.39 is 41.7 Å². The van der Waals surface area contributed by atoms with Gasteiger partial charge in [0.15, 0.2) is 23.7 Å². The molecule has 1 aliphatic rings. The molecular formula is C20H19ClN4O7S2. The summed E-state index contributed by atoms with van der Waals surface area (Å²) in [6.07, 6.45) is -3.09. The van der Waals surface area contributed by atoms with Gasteiger partial charge >= 0.3 is 17.9 Å². The van der Waals surface area contributed by atoms with E-state index in [0.29, 0.717) is 20.1 Å². The molecular weight excluding hydrogens is 508 g/mol. The zero-order chi connectivity index (χ0) is 24.4. The highest BCUT2D eigenvalue weighted by molar-refractivity contribution is 7.99. The molecule has 1 aromatic carbocycles. The van der Waals surface area contributed by atoms with Crippen LogP contribution in [0.2, 0.25) is 5.02 Å². The predicted octanol–water partition coefficient (Wildman–Crippen LogP) is 2.75. The first-order valence-electron chi connectivity index (χ1n) is 9.99. The number of hydrogen-bond acceptors (Lipinski definition) is 12. The van der Waals surface area contributed by atoms with Crippen LogP contribution in [0.15, 0.2) is 29.4 Å². The Labute approximate surface area is 206 Å². The highest BCUT2D eigenvalue weighted by Gasteiger charge is 2.47. The number of aromatic nitrogens is 4. The van der Waals surface area contributed by atoms with Crippen LogP contribution in [0.1, 0.15) is 20.8 Å². The quantitative estimate of drug-likeness (QED) is 0.347. The van der Waals surface area contributed by atoms with Gasteiger partial charge in [-0.2, -0.15) is 9.61 Å². The summed E-state index contributed by atoms with van der Waals surface area (Å²) in [5.41, 5.74) is 0.0230. The van der Waals surface area contributed by atoms with Crippen molar-refractivity contribution in [1.82, 2.24) is 19.8 Å². The molecule has 34 heavy (non-hydrogen) atoms. The van der Waals surface area contributed by atoms with Crippen molar-refractivity contribution in [1.29, 1.82) is 0 Å². The summed E-state index contributed by atoms with van der Waals surface area (Å²) in [6, 6.07) is 7.23. The van der Waals surface area contributed by atoms with Crippen LogP contribution >= 0.6 is 34.7 Å². The van der Waals surface area contributed by atoms with Gasteiger partial charge in [-0.15, -0.1) is 10.2 Å². The third-order valence-corrected chi connectivity index (χ3v) is 6.88. The van der Waals surface area contributed by atoms with Gasteiger partial charge in [0.05, 0.1) is 6.61 Å². The summed E-state index contributed by atoms with van der Waals surface area (Å²) in [5.74, 6) is -1.83. The second kappa shape index (κ2) is 10.3. The van der Waals surface area contributed by atoms with Crippen LogP contribution in [0, 0.1) is 0 Å². The molecule has 0 amide bonds. The molecule has 1 saturated heterocycles. The maximum Gasteiger partial charge on any atom is 0.303 e. The van der Waals surface area contributed by atoms with E-state index >= 15 is 0 Å². The molecule has 1 aliphatic heterocycles. The van der Waals surface area contributed by atoms with Crippen molar-refractivity contribution in [3.8, 4) is 10.6 Å². The normalized spacial score (nSPS) is 22.4. The minimum Gasteiger partial charge on any atom is -0.456 e. The number of carbonyl (C=O) groups excluding carboxylic acids is 3. The first-order valence-corrected chi connectivity index (χ1v) is 12.1. The summed E-state index contributed by atoms with van der Waals surface area (Å²) in [6.45, 7) is 3.57. The molecule has 11 nitrogen and oxygen atoms in total. The molecule has 0 aliphatic carbocycles. The van der Waals surface area contributed by atoms with Crippen LogP contribution in [-0.4, -0.2) is 68.1 Å². The number of nitrogens with zero attached hydrogens (tertiary/aromatic N) is 4. The molecule has 3 heterocycles. The molecule has 3 aromatic rings. The van der Waals surface area contributed by atoms with Gasteiger partial charge in [0.25, 0.3) is 0 Å². The Balaban J connectivity index is 1.62. The molecule has 4 atom stereocenters. The Morgan fingerprint density at radius 1 is 1.03 bits per heavy atom. The van der Waals surface area contributed by atoms with Gasteiger partial charge in [-0.1, -0.05) is 35.1 Å². The minimum atomic E-state index is -1.08. The first-order chi connectivity index (χ1) is 16.2. The highest BCUT2D eigenvalue weighted by Crippen LogP contribution is 2.35. The molecule has 0 bridgehead atoms. The average molecular weight is 527 g/mol. The molecule has 14 heteroatoms. The fourth-order valence-electron chi connectivity index (χ4n) is 3.30. The number of fused-ring (bicyclic) bond motifs is 1. The zero-order valence-electron chi connectivity index (χ0n) is 18.2. The van der Waals surface area contributed by atoms with Crippen LogP contribution in [-0.2, 0) is 33.3 Å². The molecule has 4 rings (SSSR count). The molecule has 0 spiro atoms. The third kappa shape index (κ3) is 5.49. The number of thioether (sulfide) groups is 1. The molecule has 1 fully saturated rings. The molecule has 0 radical (unpaired) electrons. The largest absolute Gasteiger partial charge is 0.456 e. The van der Waals surface area contributed by atoms with Gasteiger partial charge in [0.1, 0.15) is 5.01 Å².